The summed E-state index contributed by atoms with van der Waals surface area (Å²) in [6.07, 6.45) is -23.9. The van der Waals surface area contributed by atoms with Gasteiger partial charge in [0.05, 0.1) is 19.8 Å². The van der Waals surface area contributed by atoms with Gasteiger partial charge in [-0.05, 0) is 11.1 Å². The summed E-state index contributed by atoms with van der Waals surface area (Å²) in [6.45, 7) is 6.43. The van der Waals surface area contributed by atoms with Crippen LogP contribution < -0.4 is 0 Å². The molecule has 3 fully saturated rings. The minimum atomic E-state index is -1.91. The third kappa shape index (κ3) is 16.7. The number of ether oxygens (including phenoxy) is 15. The van der Waals surface area contributed by atoms with E-state index in [4.69, 9.17) is 71.1 Å². The van der Waals surface area contributed by atoms with Crippen molar-refractivity contribution >= 4 is 47.8 Å². The highest BCUT2D eigenvalue weighted by molar-refractivity contribution is 5.70. The van der Waals surface area contributed by atoms with E-state index in [1.807, 2.05) is 0 Å². The Morgan fingerprint density at radius 1 is 0.389 bits per heavy atom. The average molecular weight is 1020 g/mol. The Balaban J connectivity index is 1.62. The van der Waals surface area contributed by atoms with Crippen LogP contribution in [0.2, 0.25) is 0 Å². The molecule has 5 rings (SSSR count). The molecular formula is C48H60O24. The van der Waals surface area contributed by atoms with Gasteiger partial charge in [0.15, 0.2) is 55.5 Å². The fraction of sp³-hybridized carbons (Fsp3) is 0.583. The van der Waals surface area contributed by atoms with E-state index in [2.05, 4.69) is 0 Å². The summed E-state index contributed by atoms with van der Waals surface area (Å²) in [6, 6.07) is 17.6. The van der Waals surface area contributed by atoms with Crippen LogP contribution in [0.15, 0.2) is 60.7 Å². The predicted octanol–water partition coefficient (Wildman–Crippen LogP) is 1.44. The van der Waals surface area contributed by atoms with Crippen LogP contribution in [-0.4, -0.2) is 165 Å². The zero-order valence-electron chi connectivity index (χ0n) is 40.8. The molecule has 3 saturated heterocycles. The van der Waals surface area contributed by atoms with Crippen molar-refractivity contribution < 1.29 is 115 Å². The van der Waals surface area contributed by atoms with Crippen LogP contribution in [-0.2, 0) is 123 Å². The molecule has 0 unspecified atom stereocenters. The average Bonchev–Trinajstić information content (AvgIpc) is 3.29. The normalized spacial score (nSPS) is 30.1. The van der Waals surface area contributed by atoms with E-state index >= 15 is 0 Å². The molecule has 1 N–H and O–H groups in total. The number of carbonyl (C=O) groups is 8. The minimum Gasteiger partial charge on any atom is -0.463 e. The zero-order valence-corrected chi connectivity index (χ0v) is 40.8. The lowest BCUT2D eigenvalue weighted by molar-refractivity contribution is -0.371. The van der Waals surface area contributed by atoms with Crippen LogP contribution in [0, 0.1) is 0 Å². The molecular weight excluding hydrogens is 961 g/mol. The van der Waals surface area contributed by atoms with Gasteiger partial charge in [-0.3, -0.25) is 38.4 Å². The predicted molar refractivity (Wildman–Crippen MR) is 236 cm³/mol. The van der Waals surface area contributed by atoms with Gasteiger partial charge >= 0.3 is 47.8 Å². The first-order valence-corrected chi connectivity index (χ1v) is 22.7. The summed E-state index contributed by atoms with van der Waals surface area (Å²) in [5.74, 6) is -6.87. The molecule has 0 spiro atoms. The fourth-order valence-corrected chi connectivity index (χ4v) is 8.06. The molecule has 396 valence electrons. The van der Waals surface area contributed by atoms with E-state index in [0.717, 1.165) is 55.4 Å². The van der Waals surface area contributed by atoms with E-state index in [-0.39, 0.29) is 13.2 Å². The summed E-state index contributed by atoms with van der Waals surface area (Å²) in [4.78, 5) is 99.7. The number of hydrogen-bond donors (Lipinski definition) is 1. The van der Waals surface area contributed by atoms with E-state index in [1.165, 1.54) is 0 Å². The third-order valence-electron chi connectivity index (χ3n) is 10.8. The first kappa shape index (κ1) is 56.8. The second kappa shape index (κ2) is 27.1. The van der Waals surface area contributed by atoms with Gasteiger partial charge in [-0.25, -0.2) is 0 Å². The standard InChI is InChI=1S/C48H60O24/c1-24(49)58-21-35-38(63-26(3)51)41(65-28(5)53)44(67-30(7)55)47(70-35)62-23-34-37(60-19-32-15-11-9-12-16-32)40(43(46(57)69-34)61-20-33-17-13-10-14-18-33)72-48-45(68-31(8)56)42(66-29(6)54)39(64-27(4)52)36(71-48)22-59-25(2)50/h9-18,34-48,57H,19-23H2,1-8H3/t34-,35-,36-,37-,38-,39-,40+,41+,42+,43+,44+,45+,46+,47+,48-/m1/s1. The number of benzene rings is 2. The van der Waals surface area contributed by atoms with Crippen LogP contribution in [0.5, 0.6) is 0 Å². The maximum absolute atomic E-state index is 12.8. The Bertz CT molecular complexity index is 2150. The highest BCUT2D eigenvalue weighted by Gasteiger charge is 2.58. The summed E-state index contributed by atoms with van der Waals surface area (Å²) in [7, 11) is 0. The van der Waals surface area contributed by atoms with Gasteiger partial charge in [-0.15, -0.1) is 0 Å². The molecule has 24 nitrogen and oxygen atoms in total. The quantitative estimate of drug-likeness (QED) is 0.137. The molecule has 0 saturated carbocycles. The Hall–Kier alpha value is -6.12. The van der Waals surface area contributed by atoms with E-state index in [1.54, 1.807) is 60.7 Å². The van der Waals surface area contributed by atoms with Crippen molar-refractivity contribution in [2.75, 3.05) is 19.8 Å². The molecule has 0 radical (unpaired) electrons. The van der Waals surface area contributed by atoms with Gasteiger partial charge in [0, 0.05) is 55.4 Å². The van der Waals surface area contributed by atoms with Crippen LogP contribution in [0.1, 0.15) is 66.5 Å². The molecule has 0 aliphatic carbocycles. The summed E-state index contributed by atoms with van der Waals surface area (Å²) >= 11 is 0. The van der Waals surface area contributed by atoms with Crippen molar-refractivity contribution in [1.29, 1.82) is 0 Å². The molecule has 0 bridgehead atoms. The monoisotopic (exact) mass is 1020 g/mol. The topological polar surface area (TPSA) is 295 Å². The number of carbonyl (C=O) groups excluding carboxylic acids is 8. The number of hydrogen-bond acceptors (Lipinski definition) is 24. The lowest BCUT2D eigenvalue weighted by Crippen LogP contribution is -2.67. The zero-order chi connectivity index (χ0) is 52.6. The van der Waals surface area contributed by atoms with Gasteiger partial charge in [0.2, 0.25) is 0 Å². The summed E-state index contributed by atoms with van der Waals surface area (Å²) < 4.78 is 88.6. The van der Waals surface area contributed by atoms with Crippen LogP contribution in [0.4, 0.5) is 0 Å². The first-order chi connectivity index (χ1) is 34.2. The maximum Gasteiger partial charge on any atom is 0.303 e. The van der Waals surface area contributed by atoms with Crippen molar-refractivity contribution in [3.05, 3.63) is 71.8 Å². The number of aliphatic hydroxyl groups is 1. The summed E-state index contributed by atoms with van der Waals surface area (Å²) in [5.41, 5.74) is 1.28. The molecule has 24 heteroatoms. The van der Waals surface area contributed by atoms with Gasteiger partial charge < -0.3 is 76.2 Å². The molecule has 15 atom stereocenters. The van der Waals surface area contributed by atoms with Gasteiger partial charge in [-0.2, -0.15) is 0 Å². The fourth-order valence-electron chi connectivity index (χ4n) is 8.06. The Kier molecular flexibility index (Phi) is 21.4. The lowest BCUT2D eigenvalue weighted by Gasteiger charge is -2.49. The molecule has 0 amide bonds. The van der Waals surface area contributed by atoms with Gasteiger partial charge in [-0.1, -0.05) is 60.7 Å². The van der Waals surface area contributed by atoms with E-state index < -0.39 is 160 Å². The van der Waals surface area contributed by atoms with Gasteiger partial charge in [0.1, 0.15) is 49.8 Å². The maximum atomic E-state index is 12.8. The number of aliphatic hydroxyl groups excluding tert-OH is 1. The van der Waals surface area contributed by atoms with Crippen molar-refractivity contribution in [3.63, 3.8) is 0 Å². The molecule has 3 aliphatic heterocycles. The largest absolute Gasteiger partial charge is 0.463 e. The molecule has 72 heavy (non-hydrogen) atoms. The highest BCUT2D eigenvalue weighted by Crippen LogP contribution is 2.37. The lowest BCUT2D eigenvalue weighted by atomic mass is 9.95. The van der Waals surface area contributed by atoms with Crippen molar-refractivity contribution in [3.8, 4) is 0 Å². The minimum absolute atomic E-state index is 0.151. The number of rotatable bonds is 21. The van der Waals surface area contributed by atoms with Crippen molar-refractivity contribution in [2.24, 2.45) is 0 Å². The molecule has 3 heterocycles. The van der Waals surface area contributed by atoms with Crippen LogP contribution in [0.25, 0.3) is 0 Å². The van der Waals surface area contributed by atoms with Gasteiger partial charge in [0.25, 0.3) is 0 Å². The molecule has 2 aromatic rings. The Labute approximate surface area is 413 Å². The smallest absolute Gasteiger partial charge is 0.303 e. The molecule has 0 aromatic heterocycles. The van der Waals surface area contributed by atoms with Crippen molar-refractivity contribution in [2.45, 2.75) is 161 Å². The second-order valence-electron chi connectivity index (χ2n) is 16.7. The van der Waals surface area contributed by atoms with Crippen molar-refractivity contribution in [1.82, 2.24) is 0 Å². The van der Waals surface area contributed by atoms with E-state index in [9.17, 15) is 43.5 Å². The Morgan fingerprint density at radius 2 is 0.750 bits per heavy atom. The highest BCUT2D eigenvalue weighted by atomic mass is 16.8. The first-order valence-electron chi connectivity index (χ1n) is 22.7. The van der Waals surface area contributed by atoms with E-state index in [0.29, 0.717) is 11.1 Å². The summed E-state index contributed by atoms with van der Waals surface area (Å²) in [5, 5.41) is 12.0. The second-order valence-corrected chi connectivity index (χ2v) is 16.7. The Morgan fingerprint density at radius 3 is 1.17 bits per heavy atom. The van der Waals surface area contributed by atoms with Crippen LogP contribution in [0.3, 0.4) is 0 Å². The molecule has 3 aliphatic rings. The third-order valence-corrected chi connectivity index (χ3v) is 10.8. The van der Waals surface area contributed by atoms with Crippen LogP contribution >= 0.6 is 0 Å². The number of esters is 8. The SMILES string of the molecule is CC(=O)OC[C@H]1O[C@H](OC[C@H]2O[C@H](O)[C@@H](OCc3ccccc3)[C@@H](O[C@H]3O[C@H](COC(C)=O)[C@@H](OC(C)=O)[C@H](OC(C)=O)[C@@H]3OC(C)=O)[C@@H]2OCc2ccccc2)[C@@H](OC(C)=O)[C@@H](OC(C)=O)[C@@H]1OC(C)=O. The molecule has 2 aromatic carbocycles.